The number of aromatic hydroxyl groups is 1. The fraction of sp³-hybridized carbons (Fsp3) is 0.278. The van der Waals surface area contributed by atoms with Crippen molar-refractivity contribution < 1.29 is 23.1 Å². The van der Waals surface area contributed by atoms with Gasteiger partial charge in [0.25, 0.3) is 5.91 Å². The second-order valence-corrected chi connectivity index (χ2v) is 8.90. The Morgan fingerprint density at radius 2 is 1.96 bits per heavy atom. The zero-order chi connectivity index (χ0) is 19.5. The van der Waals surface area contributed by atoms with E-state index in [1.54, 1.807) is 13.0 Å². The van der Waals surface area contributed by atoms with Crippen molar-refractivity contribution in [3.8, 4) is 11.5 Å². The highest BCUT2D eigenvalue weighted by Crippen LogP contribution is 2.29. The first kappa shape index (κ1) is 20.3. The number of phenols is 1. The van der Waals surface area contributed by atoms with Crippen molar-refractivity contribution in [1.29, 1.82) is 0 Å². The van der Waals surface area contributed by atoms with Gasteiger partial charge in [-0.1, -0.05) is 13.0 Å². The van der Waals surface area contributed by atoms with Crippen LogP contribution in [0, 0.1) is 6.92 Å². The number of carbonyl (C=O) groups excluding carboxylic acids is 1. The van der Waals surface area contributed by atoms with E-state index in [2.05, 4.69) is 21.2 Å². The van der Waals surface area contributed by atoms with Crippen LogP contribution in [0.25, 0.3) is 0 Å². The first-order valence-corrected chi connectivity index (χ1v) is 10.4. The minimum absolute atomic E-state index is 0.0166. The molecule has 0 saturated heterocycles. The molecule has 0 heterocycles. The number of carbonyl (C=O) groups is 1. The number of anilines is 1. The predicted molar refractivity (Wildman–Crippen MR) is 103 cm³/mol. The first-order chi connectivity index (χ1) is 12.1. The second-order valence-electron chi connectivity index (χ2n) is 5.77. The Morgan fingerprint density at radius 1 is 1.27 bits per heavy atom. The summed E-state index contributed by atoms with van der Waals surface area (Å²) in [5, 5.41) is 12.4. The molecule has 1 atom stereocenters. The molecule has 1 amide bonds. The summed E-state index contributed by atoms with van der Waals surface area (Å²) in [5.41, 5.74) is 1.06. The van der Waals surface area contributed by atoms with Crippen LogP contribution in [0.3, 0.4) is 0 Å². The van der Waals surface area contributed by atoms with Crippen molar-refractivity contribution in [3.05, 3.63) is 46.4 Å². The average molecular weight is 442 g/mol. The maximum absolute atomic E-state index is 12.4. The van der Waals surface area contributed by atoms with E-state index in [4.69, 9.17) is 4.74 Å². The maximum Gasteiger partial charge on any atom is 0.265 e. The molecule has 1 unspecified atom stereocenters. The molecule has 0 spiro atoms. The van der Waals surface area contributed by atoms with E-state index in [-0.39, 0.29) is 22.1 Å². The van der Waals surface area contributed by atoms with Gasteiger partial charge in [-0.05, 0) is 65.7 Å². The number of hydrogen-bond donors (Lipinski definition) is 2. The molecular weight excluding hydrogens is 422 g/mol. The Balaban J connectivity index is 2.17. The Hall–Kier alpha value is -2.06. The van der Waals surface area contributed by atoms with Crippen LogP contribution in [0.15, 0.2) is 45.8 Å². The van der Waals surface area contributed by atoms with Gasteiger partial charge < -0.3 is 15.2 Å². The van der Waals surface area contributed by atoms with E-state index in [9.17, 15) is 18.3 Å². The third-order valence-electron chi connectivity index (χ3n) is 3.73. The van der Waals surface area contributed by atoms with Crippen LogP contribution in [-0.2, 0) is 14.6 Å². The number of benzene rings is 2. The van der Waals surface area contributed by atoms with Gasteiger partial charge in [-0.25, -0.2) is 8.42 Å². The highest BCUT2D eigenvalue weighted by Gasteiger charge is 2.19. The summed E-state index contributed by atoms with van der Waals surface area (Å²) in [4.78, 5) is 12.4. The number of ether oxygens (including phenoxy) is 1. The smallest absolute Gasteiger partial charge is 0.265 e. The Kier molecular flexibility index (Phi) is 6.30. The molecule has 8 heteroatoms. The molecule has 2 rings (SSSR count). The summed E-state index contributed by atoms with van der Waals surface area (Å²) in [5.74, 6) is -0.313. The third kappa shape index (κ3) is 4.76. The summed E-state index contributed by atoms with van der Waals surface area (Å²) in [6.07, 6.45) is -0.861. The zero-order valence-electron chi connectivity index (χ0n) is 14.6. The van der Waals surface area contributed by atoms with Crippen LogP contribution < -0.4 is 10.1 Å². The minimum Gasteiger partial charge on any atom is -0.506 e. The van der Waals surface area contributed by atoms with Crippen LogP contribution in [0.4, 0.5) is 5.69 Å². The van der Waals surface area contributed by atoms with E-state index in [0.717, 1.165) is 10.0 Å². The van der Waals surface area contributed by atoms with Crippen molar-refractivity contribution >= 4 is 37.4 Å². The van der Waals surface area contributed by atoms with Gasteiger partial charge in [0, 0.05) is 0 Å². The average Bonchev–Trinajstić information content (AvgIpc) is 2.58. The molecule has 0 aromatic heterocycles. The van der Waals surface area contributed by atoms with Gasteiger partial charge in [0.2, 0.25) is 0 Å². The summed E-state index contributed by atoms with van der Waals surface area (Å²) in [6.45, 7) is 5.02. The molecule has 6 nitrogen and oxygen atoms in total. The van der Waals surface area contributed by atoms with Crippen LogP contribution in [0.2, 0.25) is 0 Å². The van der Waals surface area contributed by atoms with Gasteiger partial charge in [0.1, 0.15) is 11.5 Å². The van der Waals surface area contributed by atoms with E-state index in [0.29, 0.717) is 5.75 Å². The lowest BCUT2D eigenvalue weighted by atomic mass is 10.2. The molecule has 0 saturated carbocycles. The van der Waals surface area contributed by atoms with Crippen LogP contribution in [0.1, 0.15) is 19.4 Å². The molecule has 2 aromatic carbocycles. The lowest BCUT2D eigenvalue weighted by Gasteiger charge is -2.17. The summed E-state index contributed by atoms with van der Waals surface area (Å²) in [7, 11) is -3.45. The van der Waals surface area contributed by atoms with E-state index < -0.39 is 21.8 Å². The monoisotopic (exact) mass is 441 g/mol. The lowest BCUT2D eigenvalue weighted by Crippen LogP contribution is -2.30. The Labute approximate surface area is 161 Å². The zero-order valence-corrected chi connectivity index (χ0v) is 17.0. The van der Waals surface area contributed by atoms with Gasteiger partial charge in [0.15, 0.2) is 15.9 Å². The van der Waals surface area contributed by atoms with E-state index in [1.165, 1.54) is 25.1 Å². The van der Waals surface area contributed by atoms with Crippen molar-refractivity contribution in [1.82, 2.24) is 0 Å². The Bertz CT molecular complexity index is 927. The van der Waals surface area contributed by atoms with Crippen LogP contribution in [0.5, 0.6) is 11.5 Å². The number of phenolic OH excluding ortho intramolecular Hbond substituents is 1. The predicted octanol–water partition coefficient (Wildman–Crippen LogP) is 3.66. The van der Waals surface area contributed by atoms with E-state index in [1.807, 2.05) is 19.1 Å². The molecule has 0 bridgehead atoms. The number of nitrogens with one attached hydrogen (secondary N) is 1. The molecule has 0 radical (unpaired) electrons. The second kappa shape index (κ2) is 8.09. The van der Waals surface area contributed by atoms with Gasteiger partial charge in [-0.3, -0.25) is 4.79 Å². The molecule has 0 aliphatic rings. The van der Waals surface area contributed by atoms with Gasteiger partial charge in [0.05, 0.1) is 20.8 Å². The molecular formula is C18H20BrNO5S. The van der Waals surface area contributed by atoms with Gasteiger partial charge in [-0.2, -0.15) is 0 Å². The normalized spacial score (nSPS) is 12.5. The summed E-state index contributed by atoms with van der Waals surface area (Å²) in [6, 6.07) is 9.24. The van der Waals surface area contributed by atoms with Crippen LogP contribution >= 0.6 is 15.9 Å². The molecule has 0 aliphatic heterocycles. The topological polar surface area (TPSA) is 92.7 Å². The van der Waals surface area contributed by atoms with Crippen molar-refractivity contribution in [2.75, 3.05) is 11.1 Å². The van der Waals surface area contributed by atoms with Gasteiger partial charge in [-0.15, -0.1) is 0 Å². The number of halogens is 1. The molecule has 26 heavy (non-hydrogen) atoms. The molecule has 0 fully saturated rings. The van der Waals surface area contributed by atoms with E-state index >= 15 is 0 Å². The number of amides is 1. The standard InChI is InChI=1S/C18H20BrNO5S/c1-4-26(23,24)13-6-7-16(21)15(10-13)20-18(22)12(3)25-17-8-5-11(2)9-14(17)19/h5-10,12,21H,4H2,1-3H3,(H,20,22). The highest BCUT2D eigenvalue weighted by molar-refractivity contribution is 9.10. The fourth-order valence-electron chi connectivity index (χ4n) is 2.16. The number of rotatable bonds is 6. The Morgan fingerprint density at radius 3 is 2.58 bits per heavy atom. The number of hydrogen-bond acceptors (Lipinski definition) is 5. The van der Waals surface area contributed by atoms with Crippen LogP contribution in [-0.4, -0.2) is 31.3 Å². The quantitative estimate of drug-likeness (QED) is 0.667. The molecule has 140 valence electrons. The summed E-state index contributed by atoms with van der Waals surface area (Å²) >= 11 is 3.38. The maximum atomic E-state index is 12.4. The first-order valence-electron chi connectivity index (χ1n) is 7.93. The number of sulfone groups is 1. The van der Waals surface area contributed by atoms with Crippen molar-refractivity contribution in [2.24, 2.45) is 0 Å². The SMILES string of the molecule is CCS(=O)(=O)c1ccc(O)c(NC(=O)C(C)Oc2ccc(C)cc2Br)c1. The molecule has 2 aromatic rings. The minimum atomic E-state index is -3.45. The largest absolute Gasteiger partial charge is 0.506 e. The molecule has 0 aliphatic carbocycles. The lowest BCUT2D eigenvalue weighted by molar-refractivity contribution is -0.122. The third-order valence-corrected chi connectivity index (χ3v) is 6.08. The number of aryl methyl sites for hydroxylation is 1. The van der Waals surface area contributed by atoms with Gasteiger partial charge >= 0.3 is 0 Å². The fourth-order valence-corrected chi connectivity index (χ4v) is 3.65. The highest BCUT2D eigenvalue weighted by atomic mass is 79.9. The molecule has 2 N–H and O–H groups in total. The van der Waals surface area contributed by atoms with Crippen molar-refractivity contribution in [3.63, 3.8) is 0 Å². The van der Waals surface area contributed by atoms with Crippen molar-refractivity contribution in [2.45, 2.75) is 31.8 Å². The summed E-state index contributed by atoms with van der Waals surface area (Å²) < 4.78 is 30.3.